The molecule has 0 unspecified atom stereocenters. The van der Waals surface area contributed by atoms with Gasteiger partial charge in [0.25, 0.3) is 0 Å². The number of benzene rings is 1. The summed E-state index contributed by atoms with van der Waals surface area (Å²) in [7, 11) is 0. The van der Waals surface area contributed by atoms with Gasteiger partial charge in [-0.3, -0.25) is 9.36 Å². The molecule has 0 radical (unpaired) electrons. The van der Waals surface area contributed by atoms with E-state index in [0.29, 0.717) is 18.4 Å². The lowest BCUT2D eigenvalue weighted by molar-refractivity contribution is 0.0909. The third-order valence-corrected chi connectivity index (χ3v) is 2.65. The fourth-order valence-corrected chi connectivity index (χ4v) is 1.78. The molecule has 0 amide bonds. The van der Waals surface area contributed by atoms with Crippen LogP contribution in [-0.2, 0) is 0 Å². The Balaban J connectivity index is 2.40. The summed E-state index contributed by atoms with van der Waals surface area (Å²) in [6.45, 7) is 3.60. The predicted molar refractivity (Wildman–Crippen MR) is 66.7 cm³/mol. The molecule has 2 aromatic rings. The van der Waals surface area contributed by atoms with E-state index in [-0.39, 0.29) is 5.91 Å². The number of hydrogen-bond acceptors (Lipinski definition) is 2. The molecule has 0 N–H and O–H groups in total. The molecule has 0 aliphatic rings. The van der Waals surface area contributed by atoms with Crippen LogP contribution in [0.15, 0.2) is 43.1 Å². The zero-order valence-corrected chi connectivity index (χ0v) is 9.39. The van der Waals surface area contributed by atoms with Gasteiger partial charge in [-0.15, -0.1) is 6.58 Å². The first-order valence-electron chi connectivity index (χ1n) is 5.41. The van der Waals surface area contributed by atoms with E-state index in [1.165, 1.54) is 0 Å². The zero-order chi connectivity index (χ0) is 12.3. The molecule has 0 aliphatic heterocycles. The zero-order valence-electron chi connectivity index (χ0n) is 9.39. The Labute approximate surface area is 99.6 Å². The lowest BCUT2D eigenvalue weighted by Gasteiger charge is -2.02. The van der Waals surface area contributed by atoms with Gasteiger partial charge in [0.15, 0.2) is 0 Å². The average Bonchev–Trinajstić information content (AvgIpc) is 2.78. The SMILES string of the molecule is C=CCCC(=O)n1ccc2cc(C#N)ccc21. The third-order valence-electron chi connectivity index (χ3n) is 2.65. The third kappa shape index (κ3) is 2.11. The maximum Gasteiger partial charge on any atom is 0.231 e. The molecule has 0 atom stereocenters. The summed E-state index contributed by atoms with van der Waals surface area (Å²) in [5, 5.41) is 9.71. The van der Waals surface area contributed by atoms with Gasteiger partial charge in [-0.25, -0.2) is 0 Å². The lowest BCUT2D eigenvalue weighted by atomic mass is 10.2. The van der Waals surface area contributed by atoms with Crippen LogP contribution in [0.1, 0.15) is 23.2 Å². The summed E-state index contributed by atoms with van der Waals surface area (Å²) in [4.78, 5) is 11.9. The van der Waals surface area contributed by atoms with E-state index in [2.05, 4.69) is 12.6 Å². The van der Waals surface area contributed by atoms with E-state index < -0.39 is 0 Å². The predicted octanol–water partition coefficient (Wildman–Crippen LogP) is 3.12. The number of nitrogens with zero attached hydrogens (tertiary/aromatic N) is 2. The molecule has 1 aromatic heterocycles. The summed E-state index contributed by atoms with van der Waals surface area (Å²) in [6, 6.07) is 9.25. The van der Waals surface area contributed by atoms with Crippen LogP contribution in [0.25, 0.3) is 10.9 Å². The Bertz CT molecular complexity index is 617. The van der Waals surface area contributed by atoms with Crippen molar-refractivity contribution in [3.8, 4) is 6.07 Å². The van der Waals surface area contributed by atoms with E-state index in [1.54, 1.807) is 35.0 Å². The monoisotopic (exact) mass is 224 g/mol. The van der Waals surface area contributed by atoms with Gasteiger partial charge in [0.2, 0.25) is 5.91 Å². The van der Waals surface area contributed by atoms with Crippen molar-refractivity contribution in [1.29, 1.82) is 5.26 Å². The minimum Gasteiger partial charge on any atom is -0.287 e. The highest BCUT2D eigenvalue weighted by Crippen LogP contribution is 2.18. The van der Waals surface area contributed by atoms with Crippen molar-refractivity contribution in [2.45, 2.75) is 12.8 Å². The van der Waals surface area contributed by atoms with Crippen molar-refractivity contribution in [3.63, 3.8) is 0 Å². The molecule has 0 saturated heterocycles. The second kappa shape index (κ2) is 4.67. The molecule has 0 saturated carbocycles. The maximum atomic E-state index is 11.9. The standard InChI is InChI=1S/C14H12N2O/c1-2-3-4-14(17)16-8-7-12-9-11(10-15)5-6-13(12)16/h2,5-9H,1,3-4H2. The molecule has 84 valence electrons. The van der Waals surface area contributed by atoms with Crippen molar-refractivity contribution >= 4 is 16.8 Å². The number of aromatic nitrogens is 1. The second-order valence-corrected chi connectivity index (χ2v) is 3.79. The average molecular weight is 224 g/mol. The fourth-order valence-electron chi connectivity index (χ4n) is 1.78. The minimum absolute atomic E-state index is 0.0459. The largest absolute Gasteiger partial charge is 0.287 e. The number of allylic oxidation sites excluding steroid dienone is 1. The number of fused-ring (bicyclic) bond motifs is 1. The molecule has 17 heavy (non-hydrogen) atoms. The van der Waals surface area contributed by atoms with Gasteiger partial charge in [-0.2, -0.15) is 5.26 Å². The molecule has 0 spiro atoms. The normalized spacial score (nSPS) is 10.1. The van der Waals surface area contributed by atoms with Crippen LogP contribution in [0.3, 0.4) is 0 Å². The smallest absolute Gasteiger partial charge is 0.231 e. The van der Waals surface area contributed by atoms with Gasteiger partial charge < -0.3 is 0 Å². The fraction of sp³-hybridized carbons (Fsp3) is 0.143. The molecule has 3 heteroatoms. The first-order valence-corrected chi connectivity index (χ1v) is 5.41. The van der Waals surface area contributed by atoms with E-state index in [1.807, 2.05) is 6.07 Å². The lowest BCUT2D eigenvalue weighted by Crippen LogP contribution is -2.08. The molecule has 0 bridgehead atoms. The highest BCUT2D eigenvalue weighted by molar-refractivity contribution is 5.93. The number of rotatable bonds is 3. The maximum absolute atomic E-state index is 11.9. The van der Waals surface area contributed by atoms with Gasteiger partial charge in [0.1, 0.15) is 0 Å². The topological polar surface area (TPSA) is 45.8 Å². The number of nitriles is 1. The molecular formula is C14H12N2O. The van der Waals surface area contributed by atoms with Gasteiger partial charge in [-0.1, -0.05) is 6.08 Å². The van der Waals surface area contributed by atoms with Gasteiger partial charge in [0, 0.05) is 18.0 Å². The van der Waals surface area contributed by atoms with Gasteiger partial charge in [0.05, 0.1) is 17.1 Å². The molecule has 0 fully saturated rings. The van der Waals surface area contributed by atoms with Crippen LogP contribution in [0.2, 0.25) is 0 Å². The Hall–Kier alpha value is -2.34. The first-order chi connectivity index (χ1) is 8.26. The quantitative estimate of drug-likeness (QED) is 0.752. The molecular weight excluding hydrogens is 212 g/mol. The molecule has 0 aliphatic carbocycles. The Morgan fingerprint density at radius 1 is 1.47 bits per heavy atom. The van der Waals surface area contributed by atoms with E-state index >= 15 is 0 Å². The van der Waals surface area contributed by atoms with Crippen molar-refractivity contribution in [2.24, 2.45) is 0 Å². The summed E-state index contributed by atoms with van der Waals surface area (Å²) >= 11 is 0. The second-order valence-electron chi connectivity index (χ2n) is 3.79. The molecule has 1 heterocycles. The highest BCUT2D eigenvalue weighted by atomic mass is 16.2. The van der Waals surface area contributed by atoms with Crippen molar-refractivity contribution in [3.05, 3.63) is 48.7 Å². The van der Waals surface area contributed by atoms with Crippen LogP contribution < -0.4 is 0 Å². The van der Waals surface area contributed by atoms with Crippen molar-refractivity contribution in [1.82, 2.24) is 4.57 Å². The summed E-state index contributed by atoms with van der Waals surface area (Å²) in [5.41, 5.74) is 1.45. The van der Waals surface area contributed by atoms with Crippen LogP contribution in [-0.4, -0.2) is 10.5 Å². The van der Waals surface area contributed by atoms with Crippen molar-refractivity contribution in [2.75, 3.05) is 0 Å². The molecule has 3 nitrogen and oxygen atoms in total. The van der Waals surface area contributed by atoms with Crippen LogP contribution >= 0.6 is 0 Å². The van der Waals surface area contributed by atoms with E-state index in [4.69, 9.17) is 5.26 Å². The molecule has 2 rings (SSSR count). The van der Waals surface area contributed by atoms with Crippen molar-refractivity contribution < 1.29 is 4.79 Å². The summed E-state index contributed by atoms with van der Waals surface area (Å²) < 4.78 is 1.62. The Kier molecular flexibility index (Phi) is 3.06. The number of carbonyl (C=O) groups excluding carboxylic acids is 1. The first kappa shape index (κ1) is 11.2. The van der Waals surface area contributed by atoms with Crippen LogP contribution in [0.5, 0.6) is 0 Å². The van der Waals surface area contributed by atoms with E-state index in [9.17, 15) is 4.79 Å². The van der Waals surface area contributed by atoms with Crippen LogP contribution in [0, 0.1) is 11.3 Å². The Morgan fingerprint density at radius 2 is 2.29 bits per heavy atom. The molecule has 1 aromatic carbocycles. The minimum atomic E-state index is 0.0459. The van der Waals surface area contributed by atoms with E-state index in [0.717, 1.165) is 10.9 Å². The highest BCUT2D eigenvalue weighted by Gasteiger charge is 2.08. The van der Waals surface area contributed by atoms with Crippen LogP contribution in [0.4, 0.5) is 0 Å². The number of hydrogen-bond donors (Lipinski definition) is 0. The van der Waals surface area contributed by atoms with Gasteiger partial charge >= 0.3 is 0 Å². The summed E-state index contributed by atoms with van der Waals surface area (Å²) in [5.74, 6) is 0.0459. The number of carbonyl (C=O) groups is 1. The Morgan fingerprint density at radius 3 is 3.00 bits per heavy atom. The summed E-state index contributed by atoms with van der Waals surface area (Å²) in [6.07, 6.45) is 4.61. The van der Waals surface area contributed by atoms with Gasteiger partial charge in [-0.05, 0) is 30.7 Å².